The molecule has 0 spiro atoms. The number of nitrogens with one attached hydrogen (secondary N) is 4. The van der Waals surface area contributed by atoms with E-state index in [9.17, 15) is 48.3 Å². The van der Waals surface area contributed by atoms with Gasteiger partial charge < -0.3 is 52.0 Å². The number of carbonyl (C=O) groups excluding carboxylic acids is 9. The Kier molecular flexibility index (Phi) is 21.7. The Morgan fingerprint density at radius 3 is 2.42 bits per heavy atom. The van der Waals surface area contributed by atoms with Crippen molar-refractivity contribution >= 4 is 74.6 Å². The highest BCUT2D eigenvalue weighted by molar-refractivity contribution is 8.76. The van der Waals surface area contributed by atoms with Crippen LogP contribution in [0.3, 0.4) is 0 Å². The maximum Gasteiger partial charge on any atom is 0.324 e. The zero-order valence-corrected chi connectivity index (χ0v) is 43.3. The summed E-state index contributed by atoms with van der Waals surface area (Å²) < 4.78 is 5.75. The van der Waals surface area contributed by atoms with Crippen molar-refractivity contribution in [1.29, 1.82) is 0 Å². The zero-order valence-electron chi connectivity index (χ0n) is 41.6. The third-order valence-corrected chi connectivity index (χ3v) is 17.1. The van der Waals surface area contributed by atoms with Crippen LogP contribution in [0.25, 0.3) is 0 Å². The molecule has 10 unspecified atom stereocenters. The van der Waals surface area contributed by atoms with Crippen LogP contribution in [0.2, 0.25) is 0 Å². The number of likely N-dealkylation sites (tertiary alicyclic amines) is 1. The van der Waals surface area contributed by atoms with Gasteiger partial charge in [-0.15, -0.1) is 0 Å². The fraction of sp³-hybridized carbons (Fsp3) is 0.700. The Morgan fingerprint density at radius 2 is 1.64 bits per heavy atom. The Hall–Kier alpha value is -4.61. The topological polar surface area (TPSA) is 293 Å². The molecule has 4 heterocycles. The number of nitrogens with two attached hydrogens (primary N) is 2. The molecule has 72 heavy (non-hydrogen) atoms. The number of aliphatic hydroxyl groups excluding tert-OH is 1. The number of hydrogen-bond acceptors (Lipinski definition) is 16. The Bertz CT molecular complexity index is 2090. The first-order valence-corrected chi connectivity index (χ1v) is 28.1. The summed E-state index contributed by atoms with van der Waals surface area (Å²) >= 11 is 0. The lowest BCUT2D eigenvalue weighted by molar-refractivity contribution is -0.155. The molecule has 20 nitrogen and oxygen atoms in total. The van der Waals surface area contributed by atoms with Gasteiger partial charge in [-0.05, 0) is 90.8 Å². The highest BCUT2D eigenvalue weighted by atomic mass is 33.1. The molecule has 9 N–H and O–H groups in total. The number of ether oxygens (including phenoxy) is 1. The Labute approximate surface area is 430 Å². The maximum absolute atomic E-state index is 14.7. The van der Waals surface area contributed by atoms with Crippen LogP contribution >= 0.6 is 21.6 Å². The van der Waals surface area contributed by atoms with Gasteiger partial charge in [0.05, 0.1) is 24.5 Å². The number of primary amides is 1. The minimum absolute atomic E-state index is 0.00861. The monoisotopic (exact) mass is 1040 g/mol. The molecular weight excluding hydrogens is 967 g/mol. The third kappa shape index (κ3) is 15.9. The summed E-state index contributed by atoms with van der Waals surface area (Å²) in [6.45, 7) is 0.621. The lowest BCUT2D eigenvalue weighted by Gasteiger charge is -2.31. The van der Waals surface area contributed by atoms with E-state index in [0.29, 0.717) is 44.9 Å². The maximum atomic E-state index is 14.7. The quantitative estimate of drug-likeness (QED) is 0.0721. The summed E-state index contributed by atoms with van der Waals surface area (Å²) in [4.78, 5) is 131. The summed E-state index contributed by atoms with van der Waals surface area (Å²) in [5, 5.41) is 23.6. The molecule has 398 valence electrons. The molecule has 6 rings (SSSR count). The molecule has 2 aliphatic carbocycles. The predicted molar refractivity (Wildman–Crippen MR) is 272 cm³/mol. The standard InChI is InChI=1S/C50H75N9O11S2/c1-57(2)20-8-6-13-32-24-41(60)38-29-72-71-28-35(51)48(67)53-19-7-5-12-33(46(65)55-36(26-43(62)54-38)49(68)59-22-10-16-40(59)45(52)64)25-42(61)39-15-9-21-58(39)44(63)27-70-50(69)37(56-47(32)66)23-31-18-17-30-11-3-4-14-34(30)31/h3-4,11,14,18,30,32-40,47,56,66H,5-10,12-13,15-17,19-29,51H2,1-2H3,(H2,52,64)(H,53,67)(H,54,62)(H,55,65)/t30?,32?,33?,34?,35?,36?,37?,38?,39-,40?,47?/m0/s1. The molecule has 6 amide bonds. The molecule has 0 aromatic rings. The fourth-order valence-corrected chi connectivity index (χ4v) is 12.9. The number of hydrogen-bond donors (Lipinski definition) is 7. The highest BCUT2D eigenvalue weighted by Crippen LogP contribution is 2.38. The number of esters is 1. The minimum atomic E-state index is -1.53. The number of amides is 6. The van der Waals surface area contributed by atoms with Gasteiger partial charge in [0.2, 0.25) is 29.5 Å². The van der Waals surface area contributed by atoms with E-state index in [-0.39, 0.29) is 75.1 Å². The zero-order chi connectivity index (χ0) is 51.9. The van der Waals surface area contributed by atoms with Gasteiger partial charge in [-0.25, -0.2) is 0 Å². The largest absolute Gasteiger partial charge is 0.454 e. The van der Waals surface area contributed by atoms with Gasteiger partial charge in [0.1, 0.15) is 24.4 Å². The number of cyclic esters (lactones) is 1. The lowest BCUT2D eigenvalue weighted by Crippen LogP contribution is -2.56. The summed E-state index contributed by atoms with van der Waals surface area (Å²) in [6, 6.07) is -6.70. The van der Waals surface area contributed by atoms with Gasteiger partial charge in [0.15, 0.2) is 18.2 Å². The molecule has 2 bridgehead atoms. The number of ketones is 2. The van der Waals surface area contributed by atoms with E-state index in [4.69, 9.17) is 16.2 Å². The first-order chi connectivity index (χ1) is 34.5. The van der Waals surface area contributed by atoms with E-state index in [0.717, 1.165) is 25.0 Å². The van der Waals surface area contributed by atoms with Crippen molar-refractivity contribution < 1.29 is 53.0 Å². The van der Waals surface area contributed by atoms with Crippen LogP contribution < -0.4 is 32.7 Å². The second-order valence-electron chi connectivity index (χ2n) is 20.2. The van der Waals surface area contributed by atoms with Gasteiger partial charge >= 0.3 is 5.97 Å². The second-order valence-corrected chi connectivity index (χ2v) is 22.8. The minimum Gasteiger partial charge on any atom is -0.454 e. The van der Waals surface area contributed by atoms with Crippen LogP contribution in [0.15, 0.2) is 36.0 Å². The molecule has 11 atom stereocenters. The number of fused-ring (bicyclic) bond motifs is 9. The van der Waals surface area contributed by atoms with Crippen molar-refractivity contribution in [3.63, 3.8) is 0 Å². The molecule has 22 heteroatoms. The molecule has 4 saturated heterocycles. The third-order valence-electron chi connectivity index (χ3n) is 14.6. The summed E-state index contributed by atoms with van der Waals surface area (Å²) in [5.41, 5.74) is 12.9. The number of aliphatic hydroxyl groups is 1. The van der Waals surface area contributed by atoms with Gasteiger partial charge in [-0.2, -0.15) is 0 Å². The molecule has 6 aliphatic rings. The van der Waals surface area contributed by atoms with E-state index in [1.165, 1.54) is 31.4 Å². The molecule has 4 aliphatic heterocycles. The summed E-state index contributed by atoms with van der Waals surface area (Å²) in [7, 11) is 6.32. The average molecular weight is 1040 g/mol. The van der Waals surface area contributed by atoms with E-state index in [1.807, 2.05) is 31.1 Å². The van der Waals surface area contributed by atoms with Crippen LogP contribution in [0, 0.1) is 23.7 Å². The number of nitrogens with zero attached hydrogens (tertiary/aromatic N) is 3. The van der Waals surface area contributed by atoms with Crippen molar-refractivity contribution in [2.24, 2.45) is 35.1 Å². The fourth-order valence-electron chi connectivity index (χ4n) is 10.6. The van der Waals surface area contributed by atoms with Gasteiger partial charge in [0.25, 0.3) is 5.91 Å². The van der Waals surface area contributed by atoms with Crippen LogP contribution in [-0.2, 0) is 47.9 Å². The Balaban J connectivity index is 1.38. The normalized spacial score (nSPS) is 32.3. The number of rotatable bonds is 9. The summed E-state index contributed by atoms with van der Waals surface area (Å²) in [6.07, 6.45) is 12.5. The van der Waals surface area contributed by atoms with Gasteiger partial charge in [0, 0.05) is 61.7 Å². The molecule has 0 aromatic carbocycles. The van der Waals surface area contributed by atoms with E-state index in [1.54, 1.807) is 0 Å². The van der Waals surface area contributed by atoms with Gasteiger partial charge in [-0.1, -0.05) is 70.4 Å². The first kappa shape index (κ1) is 56.7. The van der Waals surface area contributed by atoms with Crippen LogP contribution in [0.1, 0.15) is 96.3 Å². The van der Waals surface area contributed by atoms with Crippen molar-refractivity contribution in [3.8, 4) is 0 Å². The SMILES string of the molecule is CN(C)CCCCC1CC(=O)C2CSSCC(N)C(=O)NCCCCC(CC(=O)[C@@H]3CCCN3C(=O)COC(=O)C(CC3=CCC4C=CC=CC34)NC1O)C(=O)NC(C(=O)N1CCCC1C(N)=O)CC(=O)N2. The first-order valence-electron chi connectivity index (χ1n) is 25.6. The van der Waals surface area contributed by atoms with Crippen molar-refractivity contribution in [1.82, 2.24) is 36.0 Å². The average Bonchev–Trinajstić information content (AvgIpc) is 4.14. The van der Waals surface area contributed by atoms with Crippen LogP contribution in [0.4, 0.5) is 0 Å². The van der Waals surface area contributed by atoms with Crippen LogP contribution in [0.5, 0.6) is 0 Å². The van der Waals surface area contributed by atoms with Crippen molar-refractivity contribution in [3.05, 3.63) is 36.0 Å². The summed E-state index contributed by atoms with van der Waals surface area (Å²) in [5.74, 6) is -7.09. The second kappa shape index (κ2) is 27.6. The predicted octanol–water partition coefficient (Wildman–Crippen LogP) is 0.617. The molecule has 0 aromatic heterocycles. The van der Waals surface area contributed by atoms with Gasteiger partial charge in [-0.3, -0.25) is 48.5 Å². The van der Waals surface area contributed by atoms with Crippen LogP contribution in [-0.4, -0.2) is 174 Å². The lowest BCUT2D eigenvalue weighted by atomic mass is 9.85. The molecule has 0 radical (unpaired) electrons. The number of Topliss-reactive ketones (excluding diaryl/α,β-unsaturated/α-hetero) is 2. The number of carbonyl (C=O) groups is 9. The molecular formula is C50H75N9O11S2. The smallest absolute Gasteiger partial charge is 0.324 e. The molecule has 4 fully saturated rings. The van der Waals surface area contributed by atoms with E-state index >= 15 is 0 Å². The van der Waals surface area contributed by atoms with Crippen molar-refractivity contribution in [2.45, 2.75) is 139 Å². The molecule has 0 saturated carbocycles. The van der Waals surface area contributed by atoms with E-state index < -0.39 is 120 Å². The van der Waals surface area contributed by atoms with E-state index in [2.05, 4.69) is 39.5 Å². The number of unbranched alkanes of at least 4 members (excludes halogenated alkanes) is 1. The van der Waals surface area contributed by atoms with Crippen molar-refractivity contribution in [2.75, 3.05) is 58.4 Å². The highest BCUT2D eigenvalue weighted by Gasteiger charge is 2.42. The Morgan fingerprint density at radius 1 is 0.875 bits per heavy atom. The number of allylic oxidation sites excluding steroid dienone is 5.